The molecule has 1 heterocycles. The van der Waals surface area contributed by atoms with Gasteiger partial charge in [0.1, 0.15) is 11.5 Å². The summed E-state index contributed by atoms with van der Waals surface area (Å²) in [7, 11) is 1.33. The van der Waals surface area contributed by atoms with E-state index in [0.29, 0.717) is 33.6 Å². The van der Waals surface area contributed by atoms with Crippen LogP contribution in [0.3, 0.4) is 0 Å². The highest BCUT2D eigenvalue weighted by Crippen LogP contribution is 2.24. The zero-order valence-electron chi connectivity index (χ0n) is 13.9. The number of thiazole rings is 1. The monoisotopic (exact) mass is 348 g/mol. The van der Waals surface area contributed by atoms with Crippen LogP contribution in [-0.2, 0) is 22.5 Å². The molecule has 0 unspecified atom stereocenters. The number of esters is 2. The number of aromatic nitrogens is 1. The van der Waals surface area contributed by atoms with Gasteiger partial charge in [0, 0.05) is 0 Å². The fourth-order valence-corrected chi connectivity index (χ4v) is 2.88. The maximum atomic E-state index is 12.3. The molecule has 1 aromatic heterocycles. The first-order chi connectivity index (χ1) is 11.4. The Hall–Kier alpha value is -2.41. The molecule has 0 bridgehead atoms. The molecule has 0 saturated carbocycles. The van der Waals surface area contributed by atoms with Crippen molar-refractivity contribution in [1.82, 2.24) is 4.98 Å². The zero-order chi connectivity index (χ0) is 17.7. The topological polar surface area (TPSA) is 91.5 Å². The molecule has 2 N–H and O–H groups in total. The lowest BCUT2D eigenvalue weighted by Gasteiger charge is -2.07. The van der Waals surface area contributed by atoms with E-state index >= 15 is 0 Å². The molecular formula is C17H20N2O4S. The Morgan fingerprint density at radius 1 is 1.21 bits per heavy atom. The van der Waals surface area contributed by atoms with E-state index < -0.39 is 11.9 Å². The van der Waals surface area contributed by atoms with Crippen LogP contribution in [0.1, 0.15) is 45.1 Å². The molecule has 2 aromatic rings. The maximum absolute atomic E-state index is 12.3. The van der Waals surface area contributed by atoms with E-state index in [9.17, 15) is 9.59 Å². The van der Waals surface area contributed by atoms with Crippen LogP contribution in [-0.4, -0.2) is 24.0 Å². The molecule has 2 rings (SSSR count). The predicted octanol–water partition coefficient (Wildman–Crippen LogP) is 3.07. The van der Waals surface area contributed by atoms with Crippen LogP contribution in [0.4, 0.5) is 5.13 Å². The molecule has 0 aliphatic heterocycles. The van der Waals surface area contributed by atoms with Gasteiger partial charge in [-0.2, -0.15) is 0 Å². The van der Waals surface area contributed by atoms with Crippen molar-refractivity contribution in [2.45, 2.75) is 26.9 Å². The van der Waals surface area contributed by atoms with Crippen molar-refractivity contribution < 1.29 is 19.1 Å². The Morgan fingerprint density at radius 3 is 2.46 bits per heavy atom. The van der Waals surface area contributed by atoms with Gasteiger partial charge in [0.05, 0.1) is 18.4 Å². The number of methoxy groups -OCH3 is 1. The molecule has 0 atom stereocenters. The zero-order valence-corrected chi connectivity index (χ0v) is 14.7. The molecular weight excluding hydrogens is 328 g/mol. The molecule has 0 saturated heterocycles. The van der Waals surface area contributed by atoms with E-state index in [1.807, 2.05) is 13.8 Å². The predicted molar refractivity (Wildman–Crippen MR) is 92.0 cm³/mol. The van der Waals surface area contributed by atoms with Crippen molar-refractivity contribution in [3.63, 3.8) is 0 Å². The van der Waals surface area contributed by atoms with E-state index in [2.05, 4.69) is 9.72 Å². The SMILES string of the molecule is COC(=O)c1ccc(COC(=O)c2sc(N)nc2CC(C)C)cc1. The van der Waals surface area contributed by atoms with Crippen LogP contribution in [0.5, 0.6) is 0 Å². The molecule has 1 aromatic carbocycles. The van der Waals surface area contributed by atoms with Gasteiger partial charge in [0.2, 0.25) is 0 Å². The van der Waals surface area contributed by atoms with Crippen molar-refractivity contribution >= 4 is 28.4 Å². The number of carbonyl (C=O) groups excluding carboxylic acids is 2. The number of benzene rings is 1. The highest BCUT2D eigenvalue weighted by Gasteiger charge is 2.19. The van der Waals surface area contributed by atoms with Crippen LogP contribution in [0.25, 0.3) is 0 Å². The smallest absolute Gasteiger partial charge is 0.350 e. The number of nitrogen functional groups attached to an aromatic ring is 1. The fourth-order valence-electron chi connectivity index (χ4n) is 2.12. The van der Waals surface area contributed by atoms with Gasteiger partial charge in [-0.15, -0.1) is 0 Å². The highest BCUT2D eigenvalue weighted by atomic mass is 32.1. The summed E-state index contributed by atoms with van der Waals surface area (Å²) in [6, 6.07) is 6.69. The third-order valence-corrected chi connectivity index (χ3v) is 4.15. The second-order valence-corrected chi connectivity index (χ2v) is 6.72. The quantitative estimate of drug-likeness (QED) is 0.807. The minimum Gasteiger partial charge on any atom is -0.465 e. The van der Waals surface area contributed by atoms with Gasteiger partial charge in [-0.3, -0.25) is 0 Å². The number of nitrogens with two attached hydrogens (primary N) is 1. The van der Waals surface area contributed by atoms with E-state index in [-0.39, 0.29) is 6.61 Å². The van der Waals surface area contributed by atoms with E-state index in [1.165, 1.54) is 7.11 Å². The number of carbonyl (C=O) groups is 2. The molecule has 128 valence electrons. The molecule has 6 nitrogen and oxygen atoms in total. The largest absolute Gasteiger partial charge is 0.465 e. The minimum absolute atomic E-state index is 0.110. The van der Waals surface area contributed by atoms with Crippen molar-refractivity contribution in [2.75, 3.05) is 12.8 Å². The third kappa shape index (κ3) is 4.55. The van der Waals surface area contributed by atoms with E-state index in [4.69, 9.17) is 10.5 Å². The summed E-state index contributed by atoms with van der Waals surface area (Å²) < 4.78 is 9.97. The van der Waals surface area contributed by atoms with Crippen LogP contribution >= 0.6 is 11.3 Å². The molecule has 0 aliphatic rings. The Bertz CT molecular complexity index is 723. The number of nitrogens with zero attached hydrogens (tertiary/aromatic N) is 1. The van der Waals surface area contributed by atoms with E-state index in [0.717, 1.165) is 16.9 Å². The summed E-state index contributed by atoms with van der Waals surface area (Å²) in [5, 5.41) is 0.361. The second kappa shape index (κ2) is 7.92. The van der Waals surface area contributed by atoms with Gasteiger partial charge >= 0.3 is 11.9 Å². The molecule has 0 radical (unpaired) electrons. The highest BCUT2D eigenvalue weighted by molar-refractivity contribution is 7.17. The number of rotatable bonds is 6. The molecule has 24 heavy (non-hydrogen) atoms. The fraction of sp³-hybridized carbons (Fsp3) is 0.353. The average Bonchev–Trinajstić information content (AvgIpc) is 2.92. The second-order valence-electron chi connectivity index (χ2n) is 5.69. The number of hydrogen-bond donors (Lipinski definition) is 1. The van der Waals surface area contributed by atoms with Gasteiger partial charge in [-0.05, 0) is 30.0 Å². The number of hydrogen-bond acceptors (Lipinski definition) is 7. The van der Waals surface area contributed by atoms with Gasteiger partial charge in [0.15, 0.2) is 5.13 Å². The summed E-state index contributed by atoms with van der Waals surface area (Å²) in [6.07, 6.45) is 0.673. The van der Waals surface area contributed by atoms with Gasteiger partial charge in [-0.25, -0.2) is 14.6 Å². The Kier molecular flexibility index (Phi) is 5.92. The van der Waals surface area contributed by atoms with Gasteiger partial charge in [-0.1, -0.05) is 37.3 Å². The summed E-state index contributed by atoms with van der Waals surface area (Å²) in [5.74, 6) is -0.474. The standard InChI is InChI=1S/C17H20N2O4S/c1-10(2)8-13-14(24-17(18)19-13)16(21)23-9-11-4-6-12(7-5-11)15(20)22-3/h4-7,10H,8-9H2,1-3H3,(H2,18,19). The molecule has 0 aliphatic carbocycles. The summed E-state index contributed by atoms with van der Waals surface area (Å²) >= 11 is 1.14. The van der Waals surface area contributed by atoms with Crippen LogP contribution < -0.4 is 5.73 Å². The van der Waals surface area contributed by atoms with Crippen molar-refractivity contribution in [3.05, 3.63) is 46.0 Å². The summed E-state index contributed by atoms with van der Waals surface area (Å²) in [5.41, 5.74) is 7.62. The average molecular weight is 348 g/mol. The molecule has 0 spiro atoms. The van der Waals surface area contributed by atoms with Crippen LogP contribution in [0.2, 0.25) is 0 Å². The molecule has 0 amide bonds. The van der Waals surface area contributed by atoms with Crippen molar-refractivity contribution in [3.8, 4) is 0 Å². The number of anilines is 1. The first-order valence-corrected chi connectivity index (χ1v) is 8.32. The van der Waals surface area contributed by atoms with Gasteiger partial charge in [0.25, 0.3) is 0 Å². The molecule has 7 heteroatoms. The third-order valence-electron chi connectivity index (χ3n) is 3.25. The first kappa shape index (κ1) is 17.9. The van der Waals surface area contributed by atoms with Gasteiger partial charge < -0.3 is 15.2 Å². The lowest BCUT2D eigenvalue weighted by atomic mass is 10.1. The summed E-state index contributed by atoms with van der Waals surface area (Å²) in [4.78, 5) is 28.3. The van der Waals surface area contributed by atoms with Crippen molar-refractivity contribution in [2.24, 2.45) is 5.92 Å². The number of ether oxygens (including phenoxy) is 2. The van der Waals surface area contributed by atoms with Crippen molar-refractivity contribution in [1.29, 1.82) is 0 Å². The minimum atomic E-state index is -0.433. The van der Waals surface area contributed by atoms with E-state index in [1.54, 1.807) is 24.3 Å². The first-order valence-electron chi connectivity index (χ1n) is 7.50. The Morgan fingerprint density at radius 2 is 1.88 bits per heavy atom. The van der Waals surface area contributed by atoms with Crippen LogP contribution in [0, 0.1) is 5.92 Å². The lowest BCUT2D eigenvalue weighted by molar-refractivity contribution is 0.0475. The Labute approximate surface area is 144 Å². The normalized spacial score (nSPS) is 10.7. The molecule has 0 fully saturated rings. The Balaban J connectivity index is 2.02. The maximum Gasteiger partial charge on any atom is 0.350 e. The lowest BCUT2D eigenvalue weighted by Crippen LogP contribution is -2.08. The van der Waals surface area contributed by atoms with Crippen LogP contribution in [0.15, 0.2) is 24.3 Å². The summed E-state index contributed by atoms with van der Waals surface area (Å²) in [6.45, 7) is 4.21.